The molecule has 0 spiro atoms. The van der Waals surface area contributed by atoms with Crippen LogP contribution in [0, 0.1) is 6.92 Å². The van der Waals surface area contributed by atoms with E-state index >= 15 is 0 Å². The first-order valence-corrected chi connectivity index (χ1v) is 4.53. The minimum Gasteiger partial charge on any atom is -0.445 e. The molecule has 0 aliphatic rings. The molecule has 0 unspecified atom stereocenters. The topological polar surface area (TPSA) is 46.3 Å². The average molecular weight is 183 g/mol. The normalized spacial score (nSPS) is 12.1. The smallest absolute Gasteiger partial charge is 0.199 e. The minimum atomic E-state index is -0.0571. The number of nitrogens with zero attached hydrogens (tertiary/aromatic N) is 1. The van der Waals surface area contributed by atoms with Crippen LogP contribution in [0.3, 0.4) is 0 Å². The zero-order valence-corrected chi connectivity index (χ0v) is 8.72. The highest BCUT2D eigenvalue weighted by Crippen LogP contribution is 2.23. The van der Waals surface area contributed by atoms with Crippen molar-refractivity contribution >= 4 is 0 Å². The number of hydrogen-bond donors (Lipinski definition) is 1. The minimum absolute atomic E-state index is 0.0571. The second-order valence-electron chi connectivity index (χ2n) is 4.25. The number of aryl methyl sites for hydroxylation is 1. The maximum absolute atomic E-state index is 8.77. The van der Waals surface area contributed by atoms with Gasteiger partial charge in [0, 0.05) is 18.4 Å². The highest BCUT2D eigenvalue weighted by molar-refractivity contribution is 5.12. The molecule has 0 radical (unpaired) electrons. The van der Waals surface area contributed by atoms with Crippen LogP contribution >= 0.6 is 0 Å². The molecule has 3 nitrogen and oxygen atoms in total. The van der Waals surface area contributed by atoms with Crippen LogP contribution in [0.1, 0.15) is 38.1 Å². The maximum Gasteiger partial charge on any atom is 0.199 e. The van der Waals surface area contributed by atoms with Crippen LogP contribution in [-0.4, -0.2) is 16.7 Å². The van der Waals surface area contributed by atoms with Gasteiger partial charge in [0.2, 0.25) is 0 Å². The third-order valence-electron chi connectivity index (χ3n) is 1.88. The zero-order chi connectivity index (χ0) is 10.1. The molecule has 0 bridgehead atoms. The third kappa shape index (κ3) is 2.31. The first-order valence-electron chi connectivity index (χ1n) is 4.53. The predicted octanol–water partition coefficient (Wildman–Crippen LogP) is 1.82. The fourth-order valence-corrected chi connectivity index (χ4v) is 1.09. The van der Waals surface area contributed by atoms with Crippen LogP contribution in [-0.2, 0) is 11.8 Å². The molecule has 74 valence electrons. The van der Waals surface area contributed by atoms with Gasteiger partial charge in [0.25, 0.3) is 0 Å². The lowest BCUT2D eigenvalue weighted by molar-refractivity contribution is 0.297. The Hall–Kier alpha value is -0.830. The molecule has 1 heterocycles. The van der Waals surface area contributed by atoms with Gasteiger partial charge in [-0.1, -0.05) is 20.8 Å². The first kappa shape index (κ1) is 10.3. The highest BCUT2D eigenvalue weighted by atomic mass is 16.4. The van der Waals surface area contributed by atoms with Crippen LogP contribution in [0.4, 0.5) is 0 Å². The molecule has 0 aliphatic carbocycles. The summed E-state index contributed by atoms with van der Waals surface area (Å²) in [6.45, 7) is 8.17. The highest BCUT2D eigenvalue weighted by Gasteiger charge is 2.21. The molecule has 0 aromatic carbocycles. The van der Waals surface area contributed by atoms with E-state index in [9.17, 15) is 0 Å². The van der Waals surface area contributed by atoms with Gasteiger partial charge in [-0.2, -0.15) is 0 Å². The van der Waals surface area contributed by atoms with Crippen molar-refractivity contribution in [2.75, 3.05) is 6.61 Å². The fourth-order valence-electron chi connectivity index (χ4n) is 1.09. The summed E-state index contributed by atoms with van der Waals surface area (Å²) in [5.41, 5.74) is 0.811. The number of aliphatic hydroxyl groups excluding tert-OH is 1. The van der Waals surface area contributed by atoms with Gasteiger partial charge in [-0.3, -0.25) is 0 Å². The van der Waals surface area contributed by atoms with Crippen LogP contribution < -0.4 is 0 Å². The molecule has 0 saturated carbocycles. The van der Waals surface area contributed by atoms with E-state index in [1.165, 1.54) is 0 Å². The Bertz CT molecular complexity index is 284. The first-order chi connectivity index (χ1) is 5.95. The molecular weight excluding hydrogens is 166 g/mol. The quantitative estimate of drug-likeness (QED) is 0.760. The van der Waals surface area contributed by atoms with Crippen molar-refractivity contribution in [1.82, 2.24) is 4.98 Å². The summed E-state index contributed by atoms with van der Waals surface area (Å²) in [4.78, 5) is 4.34. The Morgan fingerprint density at radius 2 is 2.00 bits per heavy atom. The van der Waals surface area contributed by atoms with Crippen LogP contribution in [0.15, 0.2) is 4.42 Å². The van der Waals surface area contributed by atoms with Crippen molar-refractivity contribution in [1.29, 1.82) is 0 Å². The summed E-state index contributed by atoms with van der Waals surface area (Å²) in [6.07, 6.45) is 0.575. The number of aromatic nitrogens is 1. The van der Waals surface area contributed by atoms with E-state index in [0.29, 0.717) is 6.42 Å². The second kappa shape index (κ2) is 3.50. The summed E-state index contributed by atoms with van der Waals surface area (Å²) in [7, 11) is 0. The predicted molar refractivity (Wildman–Crippen MR) is 50.7 cm³/mol. The van der Waals surface area contributed by atoms with Crippen LogP contribution in [0.5, 0.6) is 0 Å². The Morgan fingerprint density at radius 1 is 1.38 bits per heavy atom. The van der Waals surface area contributed by atoms with Crippen molar-refractivity contribution < 1.29 is 9.52 Å². The molecule has 1 rings (SSSR count). The van der Waals surface area contributed by atoms with E-state index in [1.807, 2.05) is 6.92 Å². The zero-order valence-electron chi connectivity index (χ0n) is 8.72. The summed E-state index contributed by atoms with van der Waals surface area (Å²) >= 11 is 0. The molecule has 3 heteroatoms. The number of hydrogen-bond acceptors (Lipinski definition) is 3. The van der Waals surface area contributed by atoms with Crippen molar-refractivity contribution in [3.05, 3.63) is 17.3 Å². The molecule has 0 aliphatic heterocycles. The van der Waals surface area contributed by atoms with Gasteiger partial charge in [-0.05, 0) is 6.92 Å². The number of aliphatic hydroxyl groups is 1. The molecule has 1 N–H and O–H groups in total. The van der Waals surface area contributed by atoms with E-state index in [4.69, 9.17) is 9.52 Å². The molecule has 1 aromatic heterocycles. The molecule has 0 amide bonds. The summed E-state index contributed by atoms with van der Waals surface area (Å²) in [5.74, 6) is 1.56. The van der Waals surface area contributed by atoms with Crippen LogP contribution in [0.2, 0.25) is 0 Å². The van der Waals surface area contributed by atoms with Gasteiger partial charge in [-0.15, -0.1) is 0 Å². The van der Waals surface area contributed by atoms with Gasteiger partial charge in [-0.25, -0.2) is 4.98 Å². The van der Waals surface area contributed by atoms with E-state index in [0.717, 1.165) is 17.3 Å². The van der Waals surface area contributed by atoms with Gasteiger partial charge >= 0.3 is 0 Å². The monoisotopic (exact) mass is 183 g/mol. The molecule has 1 aromatic rings. The van der Waals surface area contributed by atoms with Crippen LogP contribution in [0.25, 0.3) is 0 Å². The van der Waals surface area contributed by atoms with Crippen molar-refractivity contribution in [3.63, 3.8) is 0 Å². The Labute approximate surface area is 78.8 Å². The lowest BCUT2D eigenvalue weighted by Gasteiger charge is -2.11. The lowest BCUT2D eigenvalue weighted by atomic mass is 9.97. The summed E-state index contributed by atoms with van der Waals surface area (Å²) < 4.78 is 5.51. The van der Waals surface area contributed by atoms with E-state index in [1.54, 1.807) is 0 Å². The van der Waals surface area contributed by atoms with Gasteiger partial charge in [0.1, 0.15) is 5.76 Å². The standard InChI is InChI=1S/C10H17NO2/c1-7-8(5-6-12)11-9(13-7)10(2,3)4/h12H,5-6H2,1-4H3. The Morgan fingerprint density at radius 3 is 2.38 bits per heavy atom. The largest absolute Gasteiger partial charge is 0.445 e. The third-order valence-corrected chi connectivity index (χ3v) is 1.88. The van der Waals surface area contributed by atoms with Crippen molar-refractivity contribution in [2.24, 2.45) is 0 Å². The fraction of sp³-hybridized carbons (Fsp3) is 0.700. The Balaban J connectivity index is 2.95. The van der Waals surface area contributed by atoms with Crippen molar-refractivity contribution in [2.45, 2.75) is 39.5 Å². The molecule has 0 saturated heterocycles. The molecular formula is C10H17NO2. The summed E-state index contributed by atoms with van der Waals surface area (Å²) in [5, 5.41) is 8.77. The van der Waals surface area contributed by atoms with Crippen molar-refractivity contribution in [3.8, 4) is 0 Å². The SMILES string of the molecule is Cc1oc(C(C)(C)C)nc1CCO. The van der Waals surface area contributed by atoms with E-state index in [-0.39, 0.29) is 12.0 Å². The lowest BCUT2D eigenvalue weighted by Crippen LogP contribution is -2.11. The average Bonchev–Trinajstić information content (AvgIpc) is 2.32. The van der Waals surface area contributed by atoms with E-state index < -0.39 is 0 Å². The van der Waals surface area contributed by atoms with Gasteiger partial charge < -0.3 is 9.52 Å². The number of oxazole rings is 1. The second-order valence-corrected chi connectivity index (χ2v) is 4.25. The Kier molecular flexibility index (Phi) is 2.76. The maximum atomic E-state index is 8.77. The van der Waals surface area contributed by atoms with Gasteiger partial charge in [0.15, 0.2) is 5.89 Å². The summed E-state index contributed by atoms with van der Waals surface area (Å²) in [6, 6.07) is 0. The molecule has 0 atom stereocenters. The number of rotatable bonds is 2. The molecule has 0 fully saturated rings. The van der Waals surface area contributed by atoms with Gasteiger partial charge in [0.05, 0.1) is 5.69 Å². The molecule has 13 heavy (non-hydrogen) atoms. The van der Waals surface area contributed by atoms with E-state index in [2.05, 4.69) is 25.8 Å².